The molecular weight excluding hydrogens is 542 g/mol. The maximum Gasteiger partial charge on any atom is 0.309 e. The van der Waals surface area contributed by atoms with Crippen LogP contribution in [-0.4, -0.2) is 29.1 Å². The normalized spacial score (nSPS) is 12.6. The van der Waals surface area contributed by atoms with Crippen LogP contribution in [0.25, 0.3) is 10.9 Å². The van der Waals surface area contributed by atoms with E-state index in [2.05, 4.69) is 17.1 Å². The van der Waals surface area contributed by atoms with Crippen LogP contribution in [0, 0.1) is 5.92 Å². The highest BCUT2D eigenvalue weighted by Crippen LogP contribution is 2.36. The maximum atomic E-state index is 12.3. The molecule has 0 radical (unpaired) electrons. The second-order valence-corrected chi connectivity index (χ2v) is 11.4. The molecule has 0 bridgehead atoms. The Balaban J connectivity index is 1.50. The van der Waals surface area contributed by atoms with Crippen molar-refractivity contribution in [1.82, 2.24) is 4.98 Å². The van der Waals surface area contributed by atoms with Gasteiger partial charge in [-0.15, -0.1) is 0 Å². The quantitative estimate of drug-likeness (QED) is 0.118. The number of Topliss-reactive ketones (excluding diaryl/α,β-unsaturated/α-hetero) is 1. The van der Waals surface area contributed by atoms with Gasteiger partial charge in [0.05, 0.1) is 23.7 Å². The molecule has 0 aliphatic rings. The summed E-state index contributed by atoms with van der Waals surface area (Å²) in [6, 6.07) is 25.5. The fourth-order valence-electron chi connectivity index (χ4n) is 4.50. The molecule has 0 spiro atoms. The first-order valence-electron chi connectivity index (χ1n) is 13.5. The van der Waals surface area contributed by atoms with Crippen molar-refractivity contribution in [3.05, 3.63) is 106 Å². The highest BCUT2D eigenvalue weighted by molar-refractivity contribution is 7.99. The summed E-state index contributed by atoms with van der Waals surface area (Å²) in [4.78, 5) is 29.1. The van der Waals surface area contributed by atoms with Gasteiger partial charge in [-0.2, -0.15) is 11.8 Å². The average Bonchev–Trinajstić information content (AvgIpc) is 2.96. The summed E-state index contributed by atoms with van der Waals surface area (Å²) < 4.78 is 11.4. The SMILES string of the molecule is CCOC(=O)C(C)CSC(CCc1ccccc1C(C)=O)c1cccc(OCc2ccc3ccc(Cl)cc3n2)c1. The van der Waals surface area contributed by atoms with Gasteiger partial charge in [-0.1, -0.05) is 67.1 Å². The third kappa shape index (κ3) is 8.09. The summed E-state index contributed by atoms with van der Waals surface area (Å²) in [6.07, 6.45) is 1.55. The number of hydrogen-bond donors (Lipinski definition) is 0. The maximum absolute atomic E-state index is 12.3. The van der Waals surface area contributed by atoms with Gasteiger partial charge in [-0.3, -0.25) is 9.59 Å². The molecule has 3 aromatic carbocycles. The monoisotopic (exact) mass is 575 g/mol. The molecule has 0 aliphatic carbocycles. The Hall–Kier alpha value is -3.35. The van der Waals surface area contributed by atoms with Gasteiger partial charge in [0, 0.05) is 27.0 Å². The minimum absolute atomic E-state index is 0.0655. The summed E-state index contributed by atoms with van der Waals surface area (Å²) in [5.74, 6) is 1.04. The van der Waals surface area contributed by atoms with Crippen LogP contribution in [0.1, 0.15) is 59.6 Å². The first-order valence-corrected chi connectivity index (χ1v) is 14.9. The van der Waals surface area contributed by atoms with Crippen LogP contribution in [0.2, 0.25) is 5.02 Å². The Bertz CT molecular complexity index is 1470. The number of esters is 1. The van der Waals surface area contributed by atoms with E-state index in [0.29, 0.717) is 24.0 Å². The third-order valence-corrected chi connectivity index (χ3v) is 8.48. The second kappa shape index (κ2) is 14.3. The molecule has 4 rings (SSSR count). The summed E-state index contributed by atoms with van der Waals surface area (Å²) >= 11 is 7.87. The zero-order valence-electron chi connectivity index (χ0n) is 23.1. The smallest absolute Gasteiger partial charge is 0.309 e. The van der Waals surface area contributed by atoms with Crippen LogP contribution in [0.4, 0.5) is 0 Å². The van der Waals surface area contributed by atoms with E-state index in [1.54, 1.807) is 18.7 Å². The Morgan fingerprint density at radius 1 is 1.00 bits per heavy atom. The van der Waals surface area contributed by atoms with Crippen molar-refractivity contribution in [3.63, 3.8) is 0 Å². The minimum atomic E-state index is -0.219. The van der Waals surface area contributed by atoms with Gasteiger partial charge in [0.15, 0.2) is 5.78 Å². The number of nitrogens with zero attached hydrogens (tertiary/aromatic N) is 1. The number of benzene rings is 3. The number of thioether (sulfide) groups is 1. The van der Waals surface area contributed by atoms with Crippen molar-refractivity contribution in [2.45, 2.75) is 45.5 Å². The number of rotatable bonds is 13. The number of carbonyl (C=O) groups excluding carboxylic acids is 2. The molecule has 1 aromatic heterocycles. The lowest BCUT2D eigenvalue weighted by molar-refractivity contribution is -0.146. The number of hydrogen-bond acceptors (Lipinski definition) is 6. The van der Waals surface area contributed by atoms with Gasteiger partial charge in [0.2, 0.25) is 0 Å². The van der Waals surface area contributed by atoms with Gasteiger partial charge in [-0.05, 0) is 68.1 Å². The van der Waals surface area contributed by atoms with E-state index in [1.165, 1.54) is 0 Å². The lowest BCUT2D eigenvalue weighted by Gasteiger charge is -2.20. The molecule has 1 heterocycles. The van der Waals surface area contributed by atoms with E-state index in [4.69, 9.17) is 21.1 Å². The summed E-state index contributed by atoms with van der Waals surface area (Å²) in [5, 5.41) is 1.78. The van der Waals surface area contributed by atoms with E-state index in [0.717, 1.165) is 51.9 Å². The zero-order chi connectivity index (χ0) is 28.5. The fourth-order valence-corrected chi connectivity index (χ4v) is 5.95. The van der Waals surface area contributed by atoms with E-state index >= 15 is 0 Å². The molecule has 4 aromatic rings. The molecule has 0 fully saturated rings. The molecule has 2 unspecified atom stereocenters. The number of ether oxygens (including phenoxy) is 2. The number of pyridine rings is 1. The molecule has 40 heavy (non-hydrogen) atoms. The number of ketones is 1. The van der Waals surface area contributed by atoms with Gasteiger partial charge >= 0.3 is 5.97 Å². The minimum Gasteiger partial charge on any atom is -0.487 e. The van der Waals surface area contributed by atoms with E-state index in [1.807, 2.05) is 80.6 Å². The van der Waals surface area contributed by atoms with Gasteiger partial charge in [0.25, 0.3) is 0 Å². The lowest BCUT2D eigenvalue weighted by Crippen LogP contribution is -2.17. The van der Waals surface area contributed by atoms with Gasteiger partial charge in [-0.25, -0.2) is 4.98 Å². The Morgan fingerprint density at radius 3 is 2.60 bits per heavy atom. The van der Waals surface area contributed by atoms with Gasteiger partial charge in [0.1, 0.15) is 12.4 Å². The fraction of sp³-hybridized carbons (Fsp3) is 0.303. The van der Waals surface area contributed by atoms with E-state index in [9.17, 15) is 9.59 Å². The molecule has 208 valence electrons. The predicted octanol–water partition coefficient (Wildman–Crippen LogP) is 8.28. The summed E-state index contributed by atoms with van der Waals surface area (Å²) in [5.41, 5.74) is 4.55. The largest absolute Gasteiger partial charge is 0.487 e. The van der Waals surface area contributed by atoms with Crippen molar-refractivity contribution in [2.75, 3.05) is 12.4 Å². The van der Waals surface area contributed by atoms with Crippen molar-refractivity contribution in [3.8, 4) is 5.75 Å². The standard InChI is InChI=1S/C33H34ClNO4S/c1-4-38-33(37)22(2)21-40-32(17-14-24-8-5-6-11-30(24)23(3)36)26-9-7-10-29(18-26)39-20-28-16-13-25-12-15-27(34)19-31(25)35-28/h5-13,15-16,18-19,22,32H,4,14,17,20-21H2,1-3H3. The topological polar surface area (TPSA) is 65.5 Å². The molecular formula is C33H34ClNO4S. The number of fused-ring (bicyclic) bond motifs is 1. The van der Waals surface area contributed by atoms with Gasteiger partial charge < -0.3 is 9.47 Å². The first-order chi connectivity index (χ1) is 19.3. The van der Waals surface area contributed by atoms with E-state index in [-0.39, 0.29) is 22.9 Å². The van der Waals surface area contributed by atoms with Crippen molar-refractivity contribution >= 4 is 46.0 Å². The Kier molecular flexibility index (Phi) is 10.6. The first kappa shape index (κ1) is 29.6. The zero-order valence-corrected chi connectivity index (χ0v) is 24.6. The van der Waals surface area contributed by atoms with Crippen LogP contribution in [0.5, 0.6) is 5.75 Å². The number of carbonyl (C=O) groups is 2. The average molecular weight is 576 g/mol. The predicted molar refractivity (Wildman–Crippen MR) is 163 cm³/mol. The van der Waals surface area contributed by atoms with E-state index < -0.39 is 0 Å². The van der Waals surface area contributed by atoms with Crippen molar-refractivity contribution in [2.24, 2.45) is 5.92 Å². The molecule has 0 aliphatic heterocycles. The molecule has 0 saturated heterocycles. The Morgan fingerprint density at radius 2 is 1.80 bits per heavy atom. The number of halogens is 1. The lowest BCUT2D eigenvalue weighted by atomic mass is 9.97. The van der Waals surface area contributed by atoms with Crippen LogP contribution in [-0.2, 0) is 22.6 Å². The highest BCUT2D eigenvalue weighted by atomic mass is 35.5. The van der Waals surface area contributed by atoms with Crippen LogP contribution in [0.15, 0.2) is 78.9 Å². The van der Waals surface area contributed by atoms with Crippen LogP contribution in [0.3, 0.4) is 0 Å². The molecule has 0 saturated carbocycles. The van der Waals surface area contributed by atoms with Crippen LogP contribution >= 0.6 is 23.4 Å². The number of aromatic nitrogens is 1. The summed E-state index contributed by atoms with van der Waals surface area (Å²) in [6.45, 7) is 6.02. The van der Waals surface area contributed by atoms with Crippen molar-refractivity contribution in [1.29, 1.82) is 0 Å². The third-order valence-electron chi connectivity index (χ3n) is 6.64. The Labute approximate surface area is 245 Å². The number of aryl methyl sites for hydroxylation is 1. The molecule has 7 heteroatoms. The highest BCUT2D eigenvalue weighted by Gasteiger charge is 2.20. The van der Waals surface area contributed by atoms with Crippen molar-refractivity contribution < 1.29 is 19.1 Å². The molecule has 0 N–H and O–H groups in total. The summed E-state index contributed by atoms with van der Waals surface area (Å²) in [7, 11) is 0. The molecule has 5 nitrogen and oxygen atoms in total. The second-order valence-electron chi connectivity index (χ2n) is 9.73. The molecule has 0 amide bonds. The molecule has 2 atom stereocenters. The van der Waals surface area contributed by atoms with Crippen LogP contribution < -0.4 is 4.74 Å².